The number of carbonyl (C=O) groups excluding carboxylic acids is 1. The molecular weight excluding hydrogens is 392 g/mol. The Morgan fingerprint density at radius 3 is 2.65 bits per heavy atom. The second-order valence-corrected chi connectivity index (χ2v) is 8.04. The van der Waals surface area contributed by atoms with Gasteiger partial charge in [-0.15, -0.1) is 0 Å². The van der Waals surface area contributed by atoms with E-state index in [0.717, 1.165) is 16.8 Å². The van der Waals surface area contributed by atoms with E-state index in [-0.39, 0.29) is 0 Å². The van der Waals surface area contributed by atoms with E-state index in [9.17, 15) is 10.1 Å². The van der Waals surface area contributed by atoms with Crippen LogP contribution in [0.2, 0.25) is 0 Å². The van der Waals surface area contributed by atoms with Crippen molar-refractivity contribution in [3.63, 3.8) is 0 Å². The summed E-state index contributed by atoms with van der Waals surface area (Å²) >= 11 is 0. The summed E-state index contributed by atoms with van der Waals surface area (Å²) in [7, 11) is 0. The highest BCUT2D eigenvalue weighted by Gasteiger charge is 2.16. The Morgan fingerprint density at radius 1 is 1.16 bits per heavy atom. The van der Waals surface area contributed by atoms with Crippen LogP contribution in [-0.2, 0) is 17.8 Å². The van der Waals surface area contributed by atoms with Gasteiger partial charge in [0.2, 0.25) is 0 Å². The Labute approximate surface area is 182 Å². The summed E-state index contributed by atoms with van der Waals surface area (Å²) in [6.45, 7) is 6.30. The molecule has 0 fully saturated rings. The molecule has 7 nitrogen and oxygen atoms in total. The third-order valence-corrected chi connectivity index (χ3v) is 4.29. The van der Waals surface area contributed by atoms with Gasteiger partial charge in [-0.05, 0) is 50.5 Å². The van der Waals surface area contributed by atoms with Crippen molar-refractivity contribution in [1.29, 1.82) is 5.26 Å². The summed E-state index contributed by atoms with van der Waals surface area (Å²) < 4.78 is 13.0. The number of carbonyl (C=O) groups is 1. The lowest BCUT2D eigenvalue weighted by atomic mass is 10.2. The summed E-state index contributed by atoms with van der Waals surface area (Å²) in [5.41, 5.74) is 2.71. The summed E-state index contributed by atoms with van der Waals surface area (Å²) in [6.07, 6.45) is 3.79. The van der Waals surface area contributed by atoms with Crippen LogP contribution in [0.3, 0.4) is 0 Å². The minimum Gasteiger partial charge on any atom is -0.487 e. The van der Waals surface area contributed by atoms with E-state index in [1.807, 2.05) is 63.4 Å². The van der Waals surface area contributed by atoms with E-state index < -0.39 is 11.7 Å². The molecule has 0 unspecified atom stereocenters. The fourth-order valence-electron chi connectivity index (χ4n) is 2.87. The Hall–Kier alpha value is -3.79. The maximum absolute atomic E-state index is 11.8. The molecule has 3 rings (SSSR count). The van der Waals surface area contributed by atoms with Crippen molar-refractivity contribution in [3.05, 3.63) is 77.6 Å². The first-order chi connectivity index (χ1) is 14.8. The molecule has 1 aromatic heterocycles. The Bertz CT molecular complexity index is 1060. The van der Waals surface area contributed by atoms with Crippen molar-refractivity contribution < 1.29 is 14.3 Å². The SMILES string of the molecule is CC(C)(C)OC(=O)NCCc1cnn(-c2ccc(C#N)cc2OCc2ccccc2)c1. The number of aromatic nitrogens is 2. The second kappa shape index (κ2) is 9.81. The number of rotatable bonds is 7. The quantitative estimate of drug-likeness (QED) is 0.615. The number of benzene rings is 2. The highest BCUT2D eigenvalue weighted by molar-refractivity contribution is 5.67. The van der Waals surface area contributed by atoms with Gasteiger partial charge in [-0.1, -0.05) is 30.3 Å². The zero-order valence-corrected chi connectivity index (χ0v) is 18.0. The summed E-state index contributed by atoms with van der Waals surface area (Å²) in [5.74, 6) is 0.574. The van der Waals surface area contributed by atoms with Crippen molar-refractivity contribution in [2.24, 2.45) is 0 Å². The first kappa shape index (κ1) is 21.9. The molecule has 0 spiro atoms. The number of amides is 1. The van der Waals surface area contributed by atoms with Gasteiger partial charge in [-0.2, -0.15) is 10.4 Å². The Balaban J connectivity index is 1.67. The van der Waals surface area contributed by atoms with Gasteiger partial charge in [0.25, 0.3) is 0 Å². The second-order valence-electron chi connectivity index (χ2n) is 8.04. The molecule has 7 heteroatoms. The number of nitrogens with one attached hydrogen (secondary N) is 1. The van der Waals surface area contributed by atoms with E-state index in [1.54, 1.807) is 23.0 Å². The molecule has 0 saturated carbocycles. The van der Waals surface area contributed by atoms with Gasteiger partial charge in [-0.3, -0.25) is 0 Å². The fourth-order valence-corrected chi connectivity index (χ4v) is 2.87. The minimum absolute atomic E-state index is 0.386. The van der Waals surface area contributed by atoms with Gasteiger partial charge in [0.15, 0.2) is 0 Å². The number of hydrogen-bond acceptors (Lipinski definition) is 5. The minimum atomic E-state index is -0.527. The normalized spacial score (nSPS) is 10.9. The lowest BCUT2D eigenvalue weighted by Crippen LogP contribution is -2.33. The van der Waals surface area contributed by atoms with Crippen LogP contribution in [0.5, 0.6) is 5.75 Å². The molecule has 0 radical (unpaired) electrons. The molecule has 1 N–H and O–H groups in total. The van der Waals surface area contributed by atoms with Crippen molar-refractivity contribution in [2.45, 2.75) is 39.4 Å². The van der Waals surface area contributed by atoms with Crippen LogP contribution >= 0.6 is 0 Å². The van der Waals surface area contributed by atoms with Crippen LogP contribution in [0.25, 0.3) is 5.69 Å². The van der Waals surface area contributed by atoms with Crippen LogP contribution in [-0.4, -0.2) is 28.0 Å². The Kier molecular flexibility index (Phi) is 6.93. The fraction of sp³-hybridized carbons (Fsp3) is 0.292. The van der Waals surface area contributed by atoms with Crippen LogP contribution < -0.4 is 10.1 Å². The monoisotopic (exact) mass is 418 g/mol. The number of nitrogens with zero attached hydrogens (tertiary/aromatic N) is 3. The average Bonchev–Trinajstić information content (AvgIpc) is 3.20. The van der Waals surface area contributed by atoms with Gasteiger partial charge in [0.05, 0.1) is 17.8 Å². The molecule has 2 aromatic carbocycles. The zero-order valence-electron chi connectivity index (χ0n) is 18.0. The smallest absolute Gasteiger partial charge is 0.407 e. The van der Waals surface area contributed by atoms with E-state index >= 15 is 0 Å². The molecular formula is C24H26N4O3. The molecule has 0 aliphatic heterocycles. The van der Waals surface area contributed by atoms with E-state index in [4.69, 9.17) is 9.47 Å². The molecule has 3 aromatic rings. The Morgan fingerprint density at radius 2 is 1.94 bits per heavy atom. The standard InChI is InChI=1S/C24H26N4O3/c1-24(2,3)31-23(29)26-12-11-20-15-27-28(16-20)21-10-9-19(14-25)13-22(21)30-17-18-7-5-4-6-8-18/h4-10,13,15-16H,11-12,17H2,1-3H3,(H,26,29). The molecule has 0 aliphatic carbocycles. The molecule has 0 atom stereocenters. The van der Waals surface area contributed by atoms with Gasteiger partial charge < -0.3 is 14.8 Å². The van der Waals surface area contributed by atoms with Crippen molar-refractivity contribution in [3.8, 4) is 17.5 Å². The largest absolute Gasteiger partial charge is 0.487 e. The summed E-state index contributed by atoms with van der Waals surface area (Å²) in [6, 6.07) is 17.2. The predicted octanol–water partition coefficient (Wildman–Crippen LogP) is 4.39. The maximum atomic E-state index is 11.8. The predicted molar refractivity (Wildman–Crippen MR) is 117 cm³/mol. The maximum Gasteiger partial charge on any atom is 0.407 e. The highest BCUT2D eigenvalue weighted by Crippen LogP contribution is 2.25. The lowest BCUT2D eigenvalue weighted by Gasteiger charge is -2.19. The molecule has 0 bridgehead atoms. The van der Waals surface area contributed by atoms with Gasteiger partial charge >= 0.3 is 6.09 Å². The number of ether oxygens (including phenoxy) is 2. The topological polar surface area (TPSA) is 89.2 Å². The molecule has 31 heavy (non-hydrogen) atoms. The van der Waals surface area contributed by atoms with Gasteiger partial charge in [0, 0.05) is 18.8 Å². The van der Waals surface area contributed by atoms with Crippen molar-refractivity contribution in [1.82, 2.24) is 15.1 Å². The van der Waals surface area contributed by atoms with Crippen LogP contribution in [0, 0.1) is 11.3 Å². The van der Waals surface area contributed by atoms with E-state index in [1.165, 1.54) is 0 Å². The molecule has 0 aliphatic rings. The first-order valence-corrected chi connectivity index (χ1v) is 10.1. The average molecular weight is 418 g/mol. The van der Waals surface area contributed by atoms with Gasteiger partial charge in [0.1, 0.15) is 23.6 Å². The molecule has 0 saturated heterocycles. The number of nitriles is 1. The summed E-state index contributed by atoms with van der Waals surface area (Å²) in [5, 5.41) is 16.4. The van der Waals surface area contributed by atoms with Crippen molar-refractivity contribution in [2.75, 3.05) is 6.54 Å². The van der Waals surface area contributed by atoms with Crippen LogP contribution in [0.4, 0.5) is 4.79 Å². The number of hydrogen-bond donors (Lipinski definition) is 1. The summed E-state index contributed by atoms with van der Waals surface area (Å²) in [4.78, 5) is 11.8. The van der Waals surface area contributed by atoms with Crippen molar-refractivity contribution >= 4 is 6.09 Å². The zero-order chi connectivity index (χ0) is 22.3. The van der Waals surface area contributed by atoms with Crippen LogP contribution in [0.15, 0.2) is 60.9 Å². The molecule has 1 amide bonds. The molecule has 1 heterocycles. The third-order valence-electron chi connectivity index (χ3n) is 4.29. The number of alkyl carbamates (subject to hydrolysis) is 1. The van der Waals surface area contributed by atoms with E-state index in [2.05, 4.69) is 16.5 Å². The first-order valence-electron chi connectivity index (χ1n) is 10.1. The lowest BCUT2D eigenvalue weighted by molar-refractivity contribution is 0.0528. The molecule has 160 valence electrons. The van der Waals surface area contributed by atoms with Crippen LogP contribution in [0.1, 0.15) is 37.5 Å². The van der Waals surface area contributed by atoms with E-state index in [0.29, 0.717) is 30.9 Å². The third kappa shape index (κ3) is 6.61. The highest BCUT2D eigenvalue weighted by atomic mass is 16.6. The van der Waals surface area contributed by atoms with Gasteiger partial charge in [-0.25, -0.2) is 9.48 Å².